The van der Waals surface area contributed by atoms with Gasteiger partial charge < -0.3 is 10.2 Å². The largest absolute Gasteiger partial charge is 0.345 e. The third kappa shape index (κ3) is 2.70. The van der Waals surface area contributed by atoms with Crippen LogP contribution in [0, 0.1) is 5.92 Å². The van der Waals surface area contributed by atoms with Gasteiger partial charge in [-0.3, -0.25) is 9.59 Å². The molecule has 0 saturated carbocycles. The first-order valence-electron chi connectivity index (χ1n) is 6.99. The van der Waals surface area contributed by atoms with Crippen LogP contribution in [-0.4, -0.2) is 34.3 Å². The molecule has 2 heterocycles. The Morgan fingerprint density at radius 2 is 2.15 bits per heavy atom. The molecule has 6 heteroatoms. The molecule has 110 valence electrons. The van der Waals surface area contributed by atoms with Crippen LogP contribution in [0.4, 0.5) is 0 Å². The molecule has 1 N–H and O–H groups in total. The van der Waals surface area contributed by atoms with Crippen LogP contribution in [0.1, 0.15) is 43.6 Å². The number of aromatic nitrogens is 1. The van der Waals surface area contributed by atoms with E-state index in [-0.39, 0.29) is 30.3 Å². The van der Waals surface area contributed by atoms with Crippen molar-refractivity contribution in [1.82, 2.24) is 15.2 Å². The lowest BCUT2D eigenvalue weighted by atomic mass is 9.98. The minimum atomic E-state index is -0.416. The average molecular weight is 295 g/mol. The van der Waals surface area contributed by atoms with Crippen molar-refractivity contribution >= 4 is 23.2 Å². The van der Waals surface area contributed by atoms with Crippen molar-refractivity contribution in [2.45, 2.75) is 46.2 Å². The van der Waals surface area contributed by atoms with E-state index in [1.165, 1.54) is 4.88 Å². The standard InChI is InChI=1S/C14H21N3O2S/c1-5-10-6-16-14(20-10)9(4)17-11(18)7-15-13(19)12(17)8(2)3/h6,8-9,12H,5,7H2,1-4H3,(H,15,19). The Bertz CT molecular complexity index is 512. The van der Waals surface area contributed by atoms with Gasteiger partial charge >= 0.3 is 0 Å². The Hall–Kier alpha value is -1.43. The molecule has 0 bridgehead atoms. The Balaban J connectivity index is 2.30. The molecule has 2 amide bonds. The van der Waals surface area contributed by atoms with Crippen molar-refractivity contribution in [2.75, 3.05) is 6.54 Å². The molecular weight excluding hydrogens is 274 g/mol. The van der Waals surface area contributed by atoms with E-state index in [1.807, 2.05) is 27.0 Å². The molecule has 0 aromatic carbocycles. The third-order valence-corrected chi connectivity index (χ3v) is 4.91. The fraction of sp³-hybridized carbons (Fsp3) is 0.643. The van der Waals surface area contributed by atoms with Crippen LogP contribution in [0.2, 0.25) is 0 Å². The quantitative estimate of drug-likeness (QED) is 0.920. The van der Waals surface area contributed by atoms with E-state index in [0.29, 0.717) is 0 Å². The minimum absolute atomic E-state index is 0.0379. The van der Waals surface area contributed by atoms with E-state index in [0.717, 1.165) is 11.4 Å². The van der Waals surface area contributed by atoms with Gasteiger partial charge in [-0.25, -0.2) is 4.98 Å². The number of nitrogens with one attached hydrogen (secondary N) is 1. The molecule has 0 radical (unpaired) electrons. The summed E-state index contributed by atoms with van der Waals surface area (Å²) in [5.74, 6) is -0.0323. The number of hydrogen-bond donors (Lipinski definition) is 1. The fourth-order valence-electron chi connectivity index (χ4n) is 2.52. The number of amides is 2. The molecule has 0 spiro atoms. The van der Waals surface area contributed by atoms with Crippen LogP contribution in [0.5, 0.6) is 0 Å². The number of aryl methyl sites for hydroxylation is 1. The predicted molar refractivity (Wildman–Crippen MR) is 78.4 cm³/mol. The van der Waals surface area contributed by atoms with Crippen LogP contribution < -0.4 is 5.32 Å². The van der Waals surface area contributed by atoms with Gasteiger partial charge in [0, 0.05) is 11.1 Å². The maximum atomic E-state index is 12.2. The molecule has 2 rings (SSSR count). The number of thiazole rings is 1. The average Bonchev–Trinajstić information content (AvgIpc) is 2.88. The minimum Gasteiger partial charge on any atom is -0.345 e. The highest BCUT2D eigenvalue weighted by Gasteiger charge is 2.40. The van der Waals surface area contributed by atoms with Crippen molar-refractivity contribution in [3.8, 4) is 0 Å². The van der Waals surface area contributed by atoms with Crippen molar-refractivity contribution in [2.24, 2.45) is 5.92 Å². The predicted octanol–water partition coefficient (Wildman–Crippen LogP) is 1.75. The van der Waals surface area contributed by atoms with Gasteiger partial charge in [0.2, 0.25) is 11.8 Å². The molecule has 1 aromatic rings. The highest BCUT2D eigenvalue weighted by Crippen LogP contribution is 2.30. The van der Waals surface area contributed by atoms with E-state index in [1.54, 1.807) is 16.2 Å². The number of carbonyl (C=O) groups excluding carboxylic acids is 2. The number of carbonyl (C=O) groups is 2. The Morgan fingerprint density at radius 3 is 2.70 bits per heavy atom. The zero-order valence-electron chi connectivity index (χ0n) is 12.3. The van der Waals surface area contributed by atoms with Crippen molar-refractivity contribution < 1.29 is 9.59 Å². The fourth-order valence-corrected chi connectivity index (χ4v) is 3.43. The lowest BCUT2D eigenvalue weighted by molar-refractivity contribution is -0.150. The molecule has 1 aromatic heterocycles. The second kappa shape index (κ2) is 5.91. The van der Waals surface area contributed by atoms with Gasteiger partial charge in [-0.2, -0.15) is 0 Å². The summed E-state index contributed by atoms with van der Waals surface area (Å²) >= 11 is 1.61. The smallest absolute Gasteiger partial charge is 0.243 e. The topological polar surface area (TPSA) is 62.3 Å². The Kier molecular flexibility index (Phi) is 4.42. The Labute approximate surface area is 123 Å². The highest BCUT2D eigenvalue weighted by atomic mass is 32.1. The second-order valence-corrected chi connectivity index (χ2v) is 6.55. The van der Waals surface area contributed by atoms with Crippen molar-refractivity contribution in [3.05, 3.63) is 16.1 Å². The third-order valence-electron chi connectivity index (χ3n) is 3.60. The molecule has 1 saturated heterocycles. The Morgan fingerprint density at radius 1 is 1.45 bits per heavy atom. The van der Waals surface area contributed by atoms with Crippen LogP contribution in [-0.2, 0) is 16.0 Å². The van der Waals surface area contributed by atoms with Gasteiger partial charge in [0.1, 0.15) is 11.0 Å². The highest BCUT2D eigenvalue weighted by molar-refractivity contribution is 7.11. The molecule has 0 aliphatic carbocycles. The van der Waals surface area contributed by atoms with Gasteiger partial charge in [0.15, 0.2) is 0 Å². The first-order valence-corrected chi connectivity index (χ1v) is 7.80. The lowest BCUT2D eigenvalue weighted by Gasteiger charge is -2.40. The summed E-state index contributed by atoms with van der Waals surface area (Å²) in [7, 11) is 0. The maximum Gasteiger partial charge on any atom is 0.243 e. The van der Waals surface area contributed by atoms with E-state index in [9.17, 15) is 9.59 Å². The van der Waals surface area contributed by atoms with Gasteiger partial charge in [0.05, 0.1) is 12.6 Å². The molecule has 2 unspecified atom stereocenters. The number of hydrogen-bond acceptors (Lipinski definition) is 4. The van der Waals surface area contributed by atoms with Crippen molar-refractivity contribution in [1.29, 1.82) is 0 Å². The summed E-state index contributed by atoms with van der Waals surface area (Å²) in [6.45, 7) is 8.03. The normalized spacial score (nSPS) is 21.2. The monoisotopic (exact) mass is 295 g/mol. The van der Waals surface area contributed by atoms with Crippen LogP contribution in [0.25, 0.3) is 0 Å². The van der Waals surface area contributed by atoms with Gasteiger partial charge in [-0.05, 0) is 19.3 Å². The molecule has 5 nitrogen and oxygen atoms in total. The maximum absolute atomic E-state index is 12.2. The molecule has 1 fully saturated rings. The van der Waals surface area contributed by atoms with Crippen LogP contribution in [0.3, 0.4) is 0 Å². The van der Waals surface area contributed by atoms with E-state index in [2.05, 4.69) is 17.2 Å². The van der Waals surface area contributed by atoms with Gasteiger partial charge in [0.25, 0.3) is 0 Å². The van der Waals surface area contributed by atoms with Crippen LogP contribution >= 0.6 is 11.3 Å². The van der Waals surface area contributed by atoms with E-state index >= 15 is 0 Å². The molecular formula is C14H21N3O2S. The van der Waals surface area contributed by atoms with Gasteiger partial charge in [-0.1, -0.05) is 20.8 Å². The lowest BCUT2D eigenvalue weighted by Crippen LogP contribution is -2.60. The summed E-state index contributed by atoms with van der Waals surface area (Å²) in [5.41, 5.74) is 0. The van der Waals surface area contributed by atoms with E-state index < -0.39 is 6.04 Å². The molecule has 1 aliphatic heterocycles. The molecule has 1 aliphatic rings. The van der Waals surface area contributed by atoms with Crippen molar-refractivity contribution in [3.63, 3.8) is 0 Å². The summed E-state index contributed by atoms with van der Waals surface area (Å²) in [6, 6.07) is -0.577. The van der Waals surface area contributed by atoms with Gasteiger partial charge in [-0.15, -0.1) is 11.3 Å². The first-order chi connectivity index (χ1) is 9.45. The summed E-state index contributed by atoms with van der Waals surface area (Å²) in [4.78, 5) is 31.6. The first kappa shape index (κ1) is 15.0. The zero-order valence-corrected chi connectivity index (χ0v) is 13.2. The summed E-state index contributed by atoms with van der Waals surface area (Å²) in [5, 5.41) is 3.57. The number of nitrogens with zero attached hydrogens (tertiary/aromatic N) is 2. The zero-order chi connectivity index (χ0) is 14.9. The molecule has 20 heavy (non-hydrogen) atoms. The van der Waals surface area contributed by atoms with E-state index in [4.69, 9.17) is 0 Å². The van der Waals surface area contributed by atoms with Crippen LogP contribution in [0.15, 0.2) is 6.20 Å². The SMILES string of the molecule is CCc1cnc(C(C)N2C(=O)CNC(=O)C2C(C)C)s1. The summed E-state index contributed by atoms with van der Waals surface area (Å²) < 4.78 is 0. The molecule has 2 atom stereocenters. The number of piperazine rings is 1. The number of rotatable bonds is 4. The summed E-state index contributed by atoms with van der Waals surface area (Å²) in [6.07, 6.45) is 2.79. The second-order valence-electron chi connectivity index (χ2n) is 5.40.